The summed E-state index contributed by atoms with van der Waals surface area (Å²) in [4.78, 5) is 84.1. The number of thiazole rings is 1. The highest BCUT2D eigenvalue weighted by Gasteiger charge is 2.76. The number of non-ortho nitro benzene ring substituents is 1. The minimum atomic E-state index is -2.15. The molecule has 0 aliphatic carbocycles. The Bertz CT molecular complexity index is 3580. The van der Waals surface area contributed by atoms with E-state index >= 15 is 19.2 Å². The fourth-order valence-corrected chi connectivity index (χ4v) is 12.0. The van der Waals surface area contributed by atoms with Gasteiger partial charge < -0.3 is 24.6 Å². The van der Waals surface area contributed by atoms with E-state index in [1.165, 1.54) is 35.6 Å². The van der Waals surface area contributed by atoms with Gasteiger partial charge in [-0.25, -0.2) is 14.7 Å². The zero-order chi connectivity index (χ0) is 53.9. The minimum Gasteiger partial charge on any atom is -0.491 e. The van der Waals surface area contributed by atoms with Gasteiger partial charge in [-0.15, -0.1) is 0 Å². The summed E-state index contributed by atoms with van der Waals surface area (Å²) in [5.74, 6) is 2.96. The molecule has 0 saturated carbocycles. The Balaban J connectivity index is 1.14. The first-order valence-corrected chi connectivity index (χ1v) is 26.0. The molecule has 11 rings (SSSR count). The smallest absolute Gasteiger partial charge is 0.421 e. The first-order valence-electron chi connectivity index (χ1n) is 25.2. The van der Waals surface area contributed by atoms with Gasteiger partial charge in [0, 0.05) is 24.2 Å². The average Bonchev–Trinajstić information content (AvgIpc) is 2.80. The maximum Gasteiger partial charge on any atom is 0.421 e. The molecule has 6 atom stereocenters. The fourth-order valence-electron chi connectivity index (χ4n) is 11.1. The van der Waals surface area contributed by atoms with Crippen LogP contribution in [0.3, 0.4) is 0 Å². The van der Waals surface area contributed by atoms with Gasteiger partial charge in [-0.2, -0.15) is 0 Å². The number of para-hydroxylation sites is 1. The lowest BCUT2D eigenvalue weighted by Gasteiger charge is -2.46. The maximum atomic E-state index is 16.8. The van der Waals surface area contributed by atoms with Crippen molar-refractivity contribution in [1.82, 2.24) is 14.8 Å². The quantitative estimate of drug-likeness (QED) is 0.0453. The van der Waals surface area contributed by atoms with Crippen LogP contribution in [0.25, 0.3) is 10.2 Å². The number of nitrogens with zero attached hydrogens (tertiary/aromatic N) is 5. The third kappa shape index (κ3) is 9.62. The molecule has 3 amide bonds. The molecule has 2 N–H and O–H groups in total. The number of morpholine rings is 1. The summed E-state index contributed by atoms with van der Waals surface area (Å²) in [6, 6.07) is 49.9. The van der Waals surface area contributed by atoms with Crippen molar-refractivity contribution in [3.05, 3.63) is 231 Å². The second kappa shape index (κ2) is 21.9. The predicted molar refractivity (Wildman–Crippen MR) is 292 cm³/mol. The van der Waals surface area contributed by atoms with Gasteiger partial charge in [0.2, 0.25) is 11.8 Å². The maximum absolute atomic E-state index is 16.8. The van der Waals surface area contributed by atoms with Gasteiger partial charge in [-0.3, -0.25) is 34.3 Å². The molecule has 3 aliphatic heterocycles. The number of nitro groups is 1. The Labute approximate surface area is 452 Å². The van der Waals surface area contributed by atoms with Crippen molar-refractivity contribution in [2.24, 2.45) is 5.92 Å². The zero-order valence-electron chi connectivity index (χ0n) is 42.0. The number of carbonyl (C=O) groups excluding carboxylic acids is 4. The lowest BCUT2D eigenvalue weighted by atomic mass is 9.65. The average molecular weight is 1060 g/mol. The largest absolute Gasteiger partial charge is 0.491 e. The number of hydrogen-bond acceptors (Lipinski definition) is 14. The zero-order valence-corrected chi connectivity index (χ0v) is 42.8. The fraction of sp³-hybridized carbons (Fsp3) is 0.197. The van der Waals surface area contributed by atoms with Crippen LogP contribution < -0.4 is 15.0 Å². The highest BCUT2D eigenvalue weighted by molar-refractivity contribution is 7.22. The molecule has 390 valence electrons. The van der Waals surface area contributed by atoms with Gasteiger partial charge >= 0.3 is 12.1 Å². The van der Waals surface area contributed by atoms with Crippen LogP contribution >= 0.6 is 11.3 Å². The number of cyclic esters (lactones) is 1. The lowest BCUT2D eigenvalue weighted by Crippen LogP contribution is -2.54. The number of nitrogens with one attached hydrogen (secondary N) is 1. The third-order valence-corrected chi connectivity index (χ3v) is 15.3. The first-order chi connectivity index (χ1) is 38.0. The molecule has 0 bridgehead atoms. The number of rotatable bonds is 14. The van der Waals surface area contributed by atoms with Crippen molar-refractivity contribution in [3.8, 4) is 17.6 Å². The highest BCUT2D eigenvalue weighted by Crippen LogP contribution is 2.66. The van der Waals surface area contributed by atoms with Crippen LogP contribution in [0.2, 0.25) is 0 Å². The second-order valence-electron chi connectivity index (χ2n) is 19.2. The Morgan fingerprint density at radius 3 is 2.19 bits per heavy atom. The Morgan fingerprint density at radius 1 is 0.821 bits per heavy atom. The number of imide groups is 1. The van der Waals surface area contributed by atoms with E-state index in [1.54, 1.807) is 42.5 Å². The van der Waals surface area contributed by atoms with Gasteiger partial charge in [0.25, 0.3) is 5.69 Å². The molecule has 8 aromatic rings. The number of nitro benzene ring substituents is 1. The van der Waals surface area contributed by atoms with E-state index in [9.17, 15) is 15.2 Å². The summed E-state index contributed by atoms with van der Waals surface area (Å²) in [6.07, 6.45) is -2.07. The summed E-state index contributed by atoms with van der Waals surface area (Å²) in [6.45, 7) is 0.375. The molecule has 2 saturated heterocycles. The number of carbonyl (C=O) groups is 4. The number of fused-ring (bicyclic) bond motifs is 4. The summed E-state index contributed by atoms with van der Waals surface area (Å²) in [7, 11) is 1.96. The number of ether oxygens (including phenoxy) is 3. The van der Waals surface area contributed by atoms with E-state index < -0.39 is 64.4 Å². The van der Waals surface area contributed by atoms with Crippen molar-refractivity contribution in [1.29, 1.82) is 0 Å². The van der Waals surface area contributed by atoms with Gasteiger partial charge in [-0.1, -0.05) is 138 Å². The number of aliphatic hydroxyl groups excluding tert-OH is 1. The SMILES string of the molecule is CN(CC#Cc1ccc2c(c1)[C@]1(C(=O)N2C(=O)OCc2ccc([N+](=O)[O-])cc2)[C@H](c2ccc(OCCO)cc2)N2[C@H](c3ccccc3)[C@H](c3ccccc3)OC(=O)[C@H]2[C@@H]1C(=O)Nc1nc2ccccc2s1)Cc1ccccc1. The molecule has 2 fully saturated rings. The standard InChI is InChI=1S/C61H50N6O10S/c1-64(37-40-14-5-2-6-15-40)33-13-16-39-25-32-49-47(36-39)61(58(71)65(49)60(72)76-38-41-23-28-45(29-24-41)67(73)74)51(56(69)63-59-62-48-21-11-12-22-50(48)78-59)53-57(70)77-54(43-19-9-4-10-20-43)52(42-17-7-3-8-18-42)66(53)55(61)44-26-30-46(31-27-44)75-35-34-68/h2-12,14-15,17-32,36,51-55,68H,33-35,37-38H2,1H3,(H,62,63,69)/t51-,52-,53-,54+,55+,61-/m1/s1. The molecule has 16 nitrogen and oxygen atoms in total. The molecule has 0 radical (unpaired) electrons. The second-order valence-corrected chi connectivity index (χ2v) is 20.2. The monoisotopic (exact) mass is 1060 g/mol. The molecular weight excluding hydrogens is 1010 g/mol. The van der Waals surface area contributed by atoms with Gasteiger partial charge in [-0.05, 0) is 95.0 Å². The molecule has 1 aromatic heterocycles. The third-order valence-electron chi connectivity index (χ3n) is 14.4. The van der Waals surface area contributed by atoms with Crippen molar-refractivity contribution in [2.45, 2.75) is 42.8 Å². The van der Waals surface area contributed by atoms with Crippen LogP contribution in [0, 0.1) is 27.9 Å². The van der Waals surface area contributed by atoms with E-state index in [-0.39, 0.29) is 41.9 Å². The summed E-state index contributed by atoms with van der Waals surface area (Å²) < 4.78 is 19.2. The predicted octanol–water partition coefficient (Wildman–Crippen LogP) is 9.70. The number of amides is 3. The molecule has 3 aliphatic rings. The van der Waals surface area contributed by atoms with Crippen molar-refractivity contribution < 1.29 is 43.4 Å². The molecule has 17 heteroatoms. The normalized spacial score (nSPS) is 20.4. The Morgan fingerprint density at radius 2 is 1.50 bits per heavy atom. The molecule has 1 spiro atoms. The number of esters is 1. The van der Waals surface area contributed by atoms with Gasteiger partial charge in [0.1, 0.15) is 36.5 Å². The summed E-state index contributed by atoms with van der Waals surface area (Å²) in [5, 5.41) is 24.4. The summed E-state index contributed by atoms with van der Waals surface area (Å²) in [5.41, 5.74) is 2.45. The van der Waals surface area contributed by atoms with Crippen LogP contribution in [-0.2, 0) is 42.4 Å². The number of hydrogen-bond donors (Lipinski definition) is 2. The topological polar surface area (TPSA) is 194 Å². The van der Waals surface area contributed by atoms with Crippen molar-refractivity contribution in [2.75, 3.05) is 37.0 Å². The van der Waals surface area contributed by atoms with Crippen LogP contribution in [0.4, 0.5) is 21.3 Å². The molecule has 4 heterocycles. The molecular formula is C61H50N6O10S. The van der Waals surface area contributed by atoms with Crippen LogP contribution in [-0.4, -0.2) is 81.5 Å². The van der Waals surface area contributed by atoms with Crippen LogP contribution in [0.5, 0.6) is 5.75 Å². The van der Waals surface area contributed by atoms with E-state index in [4.69, 9.17) is 19.2 Å². The van der Waals surface area contributed by atoms with Crippen molar-refractivity contribution >= 4 is 61.9 Å². The van der Waals surface area contributed by atoms with Gasteiger partial charge in [0.15, 0.2) is 5.13 Å². The van der Waals surface area contributed by atoms with Crippen LogP contribution in [0.15, 0.2) is 182 Å². The van der Waals surface area contributed by atoms with Crippen LogP contribution in [0.1, 0.15) is 57.1 Å². The van der Waals surface area contributed by atoms with Gasteiger partial charge in [0.05, 0.1) is 52.0 Å². The minimum absolute atomic E-state index is 0.00423. The lowest BCUT2D eigenvalue weighted by molar-refractivity contribution is -0.384. The van der Waals surface area contributed by atoms with E-state index in [0.29, 0.717) is 52.2 Å². The van der Waals surface area contributed by atoms with E-state index in [0.717, 1.165) is 15.2 Å². The highest BCUT2D eigenvalue weighted by atomic mass is 32.1. The number of aliphatic hydroxyl groups is 1. The van der Waals surface area contributed by atoms with Crippen molar-refractivity contribution in [3.63, 3.8) is 0 Å². The Kier molecular flexibility index (Phi) is 14.3. The molecule has 0 unspecified atom stereocenters. The summed E-state index contributed by atoms with van der Waals surface area (Å²) >= 11 is 1.23. The number of aromatic nitrogens is 1. The molecule has 78 heavy (non-hydrogen) atoms. The number of benzene rings is 7. The van der Waals surface area contributed by atoms with E-state index in [2.05, 4.69) is 22.1 Å². The molecule has 7 aromatic carbocycles. The number of anilines is 2. The first kappa shape index (κ1) is 51.1. The van der Waals surface area contributed by atoms with E-state index in [1.807, 2.05) is 127 Å². The Hall–Kier alpha value is -9.05.